The number of rotatable bonds is 7. The Morgan fingerprint density at radius 3 is 2.59 bits per heavy atom. The lowest BCUT2D eigenvalue weighted by molar-refractivity contribution is -0.137. The molecule has 2 heterocycles. The molecule has 2 saturated heterocycles. The molecule has 6 heteroatoms. The summed E-state index contributed by atoms with van der Waals surface area (Å²) in [6.45, 7) is 7.49. The third-order valence-corrected chi connectivity index (χ3v) is 6.58. The van der Waals surface area contributed by atoms with Gasteiger partial charge in [-0.1, -0.05) is 30.3 Å². The van der Waals surface area contributed by atoms with Gasteiger partial charge in [0.25, 0.3) is 0 Å². The zero-order chi connectivity index (χ0) is 20.8. The fraction of sp³-hybridized carbons (Fsp3) is 0.652. The highest BCUT2D eigenvalue weighted by molar-refractivity contribution is 5.89. The second-order valence-corrected chi connectivity index (χ2v) is 8.57. The van der Waals surface area contributed by atoms with Crippen LogP contribution in [-0.4, -0.2) is 73.0 Å². The molecule has 0 aromatic heterocycles. The first-order valence-electron chi connectivity index (χ1n) is 11.0. The molecule has 160 valence electrons. The van der Waals surface area contributed by atoms with Gasteiger partial charge in [-0.25, -0.2) is 0 Å². The third kappa shape index (κ3) is 5.58. The molecule has 2 N–H and O–H groups in total. The maximum Gasteiger partial charge on any atom is 0.245 e. The van der Waals surface area contributed by atoms with Crippen molar-refractivity contribution in [3.05, 3.63) is 35.9 Å². The Labute approximate surface area is 175 Å². The van der Waals surface area contributed by atoms with Crippen LogP contribution >= 0.6 is 0 Å². The SMILES string of the molecule is CN[C@@H](C)C(=O)N[C@H](C)C(=O)N1CC[C@H]2CCCN(CCc3ccccc3)C[C@H]21. The van der Waals surface area contributed by atoms with E-state index in [2.05, 4.69) is 45.9 Å². The maximum absolute atomic E-state index is 13.1. The van der Waals surface area contributed by atoms with Gasteiger partial charge in [-0.3, -0.25) is 9.59 Å². The van der Waals surface area contributed by atoms with E-state index in [1.54, 1.807) is 20.9 Å². The smallest absolute Gasteiger partial charge is 0.245 e. The molecule has 29 heavy (non-hydrogen) atoms. The van der Waals surface area contributed by atoms with Gasteiger partial charge < -0.3 is 20.4 Å². The Hall–Kier alpha value is -1.92. The molecule has 6 nitrogen and oxygen atoms in total. The lowest BCUT2D eigenvalue weighted by Gasteiger charge is -2.33. The van der Waals surface area contributed by atoms with Crippen LogP contribution < -0.4 is 10.6 Å². The second kappa shape index (κ2) is 10.2. The summed E-state index contributed by atoms with van der Waals surface area (Å²) in [6, 6.07) is 10.1. The largest absolute Gasteiger partial charge is 0.343 e. The van der Waals surface area contributed by atoms with E-state index < -0.39 is 6.04 Å². The van der Waals surface area contributed by atoms with Crippen molar-refractivity contribution in [2.45, 2.75) is 57.7 Å². The van der Waals surface area contributed by atoms with E-state index in [0.29, 0.717) is 5.92 Å². The van der Waals surface area contributed by atoms with Crippen molar-refractivity contribution in [2.24, 2.45) is 5.92 Å². The Morgan fingerprint density at radius 2 is 1.86 bits per heavy atom. The minimum absolute atomic E-state index is 0.0547. The number of nitrogens with zero attached hydrogens (tertiary/aromatic N) is 2. The normalized spacial score (nSPS) is 24.4. The first kappa shape index (κ1) is 21.8. The summed E-state index contributed by atoms with van der Waals surface area (Å²) in [5.41, 5.74) is 1.36. The number of nitrogens with one attached hydrogen (secondary N) is 2. The molecular formula is C23H36N4O2. The van der Waals surface area contributed by atoms with Crippen molar-refractivity contribution in [2.75, 3.05) is 33.2 Å². The van der Waals surface area contributed by atoms with Crippen molar-refractivity contribution >= 4 is 11.8 Å². The topological polar surface area (TPSA) is 64.7 Å². The van der Waals surface area contributed by atoms with Crippen LogP contribution in [-0.2, 0) is 16.0 Å². The van der Waals surface area contributed by atoms with Gasteiger partial charge in [0, 0.05) is 25.7 Å². The minimum Gasteiger partial charge on any atom is -0.343 e. The Morgan fingerprint density at radius 1 is 1.10 bits per heavy atom. The fourth-order valence-corrected chi connectivity index (χ4v) is 4.62. The van der Waals surface area contributed by atoms with E-state index >= 15 is 0 Å². The molecule has 2 amide bonds. The highest BCUT2D eigenvalue weighted by Crippen LogP contribution is 2.32. The van der Waals surface area contributed by atoms with Gasteiger partial charge in [0.05, 0.1) is 6.04 Å². The van der Waals surface area contributed by atoms with Crippen molar-refractivity contribution in [3.63, 3.8) is 0 Å². The van der Waals surface area contributed by atoms with E-state index in [9.17, 15) is 9.59 Å². The number of likely N-dealkylation sites (N-methyl/N-ethyl adjacent to an activating group) is 1. The van der Waals surface area contributed by atoms with Crippen LogP contribution in [0.15, 0.2) is 30.3 Å². The summed E-state index contributed by atoms with van der Waals surface area (Å²) < 4.78 is 0. The number of hydrogen-bond donors (Lipinski definition) is 2. The molecule has 1 aromatic rings. The molecule has 2 aliphatic heterocycles. The summed E-state index contributed by atoms with van der Waals surface area (Å²) in [4.78, 5) is 29.8. The van der Waals surface area contributed by atoms with Crippen LogP contribution in [0, 0.1) is 5.92 Å². The highest BCUT2D eigenvalue weighted by atomic mass is 16.2. The van der Waals surface area contributed by atoms with Gasteiger partial charge in [-0.2, -0.15) is 0 Å². The van der Waals surface area contributed by atoms with Crippen LogP contribution in [0.3, 0.4) is 0 Å². The fourth-order valence-electron chi connectivity index (χ4n) is 4.62. The summed E-state index contributed by atoms with van der Waals surface area (Å²) in [6.07, 6.45) is 4.51. The van der Waals surface area contributed by atoms with Gasteiger partial charge in [-0.15, -0.1) is 0 Å². The molecule has 0 bridgehead atoms. The lowest BCUT2D eigenvalue weighted by Crippen LogP contribution is -2.54. The van der Waals surface area contributed by atoms with Gasteiger partial charge in [0.1, 0.15) is 6.04 Å². The number of hydrogen-bond acceptors (Lipinski definition) is 4. The minimum atomic E-state index is -0.488. The molecule has 1 aromatic carbocycles. The molecule has 0 radical (unpaired) electrons. The monoisotopic (exact) mass is 400 g/mol. The van der Waals surface area contributed by atoms with Gasteiger partial charge >= 0.3 is 0 Å². The standard InChI is InChI=1S/C23H36N4O2/c1-17(24-3)22(28)25-18(2)23(29)27-15-12-20-10-7-13-26(16-21(20)27)14-11-19-8-5-4-6-9-19/h4-6,8-9,17-18,20-21,24H,7,10-16H2,1-3H3,(H,25,28)/t17-,18+,20+,21+/m0/s1. The Kier molecular flexibility index (Phi) is 7.67. The van der Waals surface area contributed by atoms with Crippen LogP contribution in [0.1, 0.15) is 38.7 Å². The molecule has 2 fully saturated rings. The highest BCUT2D eigenvalue weighted by Gasteiger charge is 2.40. The van der Waals surface area contributed by atoms with E-state index in [0.717, 1.165) is 39.0 Å². The Bertz CT molecular complexity index is 681. The van der Waals surface area contributed by atoms with E-state index in [1.165, 1.54) is 18.4 Å². The molecule has 0 spiro atoms. The van der Waals surface area contributed by atoms with Crippen molar-refractivity contribution in [3.8, 4) is 0 Å². The van der Waals surface area contributed by atoms with E-state index in [1.807, 2.05) is 4.90 Å². The summed E-state index contributed by atoms with van der Waals surface area (Å²) in [5.74, 6) is 0.508. The van der Waals surface area contributed by atoms with E-state index in [4.69, 9.17) is 0 Å². The molecule has 0 unspecified atom stereocenters. The molecule has 3 rings (SSSR count). The van der Waals surface area contributed by atoms with Crippen molar-refractivity contribution < 1.29 is 9.59 Å². The zero-order valence-corrected chi connectivity index (χ0v) is 18.1. The quantitative estimate of drug-likeness (QED) is 0.731. The summed E-state index contributed by atoms with van der Waals surface area (Å²) >= 11 is 0. The van der Waals surface area contributed by atoms with Crippen LogP contribution in [0.4, 0.5) is 0 Å². The first-order valence-corrected chi connectivity index (χ1v) is 11.0. The molecule has 2 aliphatic rings. The van der Waals surface area contributed by atoms with Crippen LogP contribution in [0.25, 0.3) is 0 Å². The average Bonchev–Trinajstić information content (AvgIpc) is 3.02. The van der Waals surface area contributed by atoms with Crippen LogP contribution in [0.2, 0.25) is 0 Å². The predicted octanol–water partition coefficient (Wildman–Crippen LogP) is 1.65. The van der Waals surface area contributed by atoms with Crippen LogP contribution in [0.5, 0.6) is 0 Å². The maximum atomic E-state index is 13.1. The number of fused-ring (bicyclic) bond motifs is 1. The number of benzene rings is 1. The number of carbonyl (C=O) groups is 2. The molecule has 0 aliphatic carbocycles. The number of likely N-dealkylation sites (tertiary alicyclic amines) is 2. The van der Waals surface area contributed by atoms with Crippen molar-refractivity contribution in [1.29, 1.82) is 0 Å². The lowest BCUT2D eigenvalue weighted by atomic mass is 9.96. The predicted molar refractivity (Wildman–Crippen MR) is 116 cm³/mol. The summed E-state index contributed by atoms with van der Waals surface area (Å²) in [7, 11) is 1.75. The van der Waals surface area contributed by atoms with Gasteiger partial charge in [0.2, 0.25) is 11.8 Å². The number of amides is 2. The average molecular weight is 401 g/mol. The third-order valence-electron chi connectivity index (χ3n) is 6.58. The first-order chi connectivity index (χ1) is 14.0. The summed E-state index contributed by atoms with van der Waals surface area (Å²) in [5, 5.41) is 5.79. The van der Waals surface area contributed by atoms with Gasteiger partial charge in [-0.05, 0) is 64.6 Å². The second-order valence-electron chi connectivity index (χ2n) is 8.57. The molecule has 4 atom stereocenters. The van der Waals surface area contributed by atoms with Crippen molar-refractivity contribution in [1.82, 2.24) is 20.4 Å². The molecular weight excluding hydrogens is 364 g/mol. The Balaban J connectivity index is 1.59. The van der Waals surface area contributed by atoms with E-state index in [-0.39, 0.29) is 23.9 Å². The molecule has 0 saturated carbocycles. The number of carbonyl (C=O) groups excluding carboxylic acids is 2. The van der Waals surface area contributed by atoms with Gasteiger partial charge in [0.15, 0.2) is 0 Å². The zero-order valence-electron chi connectivity index (χ0n) is 18.1.